The molecule has 0 fully saturated rings. The van der Waals surface area contributed by atoms with Gasteiger partial charge in [-0.3, -0.25) is 0 Å². The molecule has 0 aliphatic rings. The van der Waals surface area contributed by atoms with Gasteiger partial charge in [-0.15, -0.1) is 0 Å². The summed E-state index contributed by atoms with van der Waals surface area (Å²) in [6.45, 7) is 4.09. The van der Waals surface area contributed by atoms with Crippen LogP contribution in [0.3, 0.4) is 0 Å². The second-order valence-electron chi connectivity index (χ2n) is 4.75. The van der Waals surface area contributed by atoms with E-state index in [1.54, 1.807) is 0 Å². The van der Waals surface area contributed by atoms with E-state index in [0.717, 1.165) is 31.4 Å². The van der Waals surface area contributed by atoms with Crippen molar-refractivity contribution in [3.63, 3.8) is 0 Å². The fourth-order valence-electron chi connectivity index (χ4n) is 1.93. The van der Waals surface area contributed by atoms with E-state index in [1.165, 1.54) is 12.8 Å². The quantitative estimate of drug-likeness (QED) is 0.563. The molecule has 1 unspecified atom stereocenters. The Morgan fingerprint density at radius 1 is 1.17 bits per heavy atom. The molecule has 1 rings (SSSR count). The third-order valence-electron chi connectivity index (χ3n) is 2.95. The van der Waals surface area contributed by atoms with Crippen molar-refractivity contribution >= 4 is 11.4 Å². The average Bonchev–Trinajstić information content (AvgIpc) is 2.29. The van der Waals surface area contributed by atoms with Gasteiger partial charge >= 0.3 is 0 Å². The van der Waals surface area contributed by atoms with Crippen LogP contribution >= 0.6 is 0 Å². The van der Waals surface area contributed by atoms with Gasteiger partial charge in [0.05, 0.1) is 0 Å². The Balaban J connectivity index is 2.51. The standard InChI is InChI=1S/C14H22F2N2/c1-3-4-5-6-7-10(2)18-14-12(15)8-11(17)9-13(14)16/h8-10,18H,3-7,17H2,1-2H3. The van der Waals surface area contributed by atoms with Crippen LogP contribution in [0.15, 0.2) is 12.1 Å². The predicted octanol–water partition coefficient (Wildman–Crippen LogP) is 4.32. The number of benzene rings is 1. The topological polar surface area (TPSA) is 38.0 Å². The minimum Gasteiger partial charge on any atom is -0.399 e. The van der Waals surface area contributed by atoms with E-state index in [1.807, 2.05) is 6.92 Å². The highest BCUT2D eigenvalue weighted by Gasteiger charge is 2.12. The molecule has 1 atom stereocenters. The molecular weight excluding hydrogens is 234 g/mol. The molecule has 0 aliphatic heterocycles. The minimum absolute atomic E-state index is 0.0504. The second-order valence-corrected chi connectivity index (χ2v) is 4.75. The number of anilines is 2. The molecule has 3 N–H and O–H groups in total. The van der Waals surface area contributed by atoms with Crippen LogP contribution in [0.4, 0.5) is 20.2 Å². The smallest absolute Gasteiger partial charge is 0.151 e. The fraction of sp³-hybridized carbons (Fsp3) is 0.571. The second kappa shape index (κ2) is 7.19. The summed E-state index contributed by atoms with van der Waals surface area (Å²) in [5, 5.41) is 2.88. The molecule has 0 heterocycles. The van der Waals surface area contributed by atoms with E-state index >= 15 is 0 Å². The Hall–Kier alpha value is -1.32. The molecule has 0 aromatic heterocycles. The molecule has 0 saturated carbocycles. The van der Waals surface area contributed by atoms with E-state index in [9.17, 15) is 8.78 Å². The molecule has 0 aliphatic carbocycles. The first-order valence-electron chi connectivity index (χ1n) is 6.55. The number of hydrogen-bond acceptors (Lipinski definition) is 2. The number of nitrogens with one attached hydrogen (secondary N) is 1. The van der Waals surface area contributed by atoms with E-state index in [-0.39, 0.29) is 17.4 Å². The van der Waals surface area contributed by atoms with Crippen LogP contribution in [0.5, 0.6) is 0 Å². The molecule has 0 spiro atoms. The van der Waals surface area contributed by atoms with Crippen molar-refractivity contribution in [1.29, 1.82) is 0 Å². The van der Waals surface area contributed by atoms with Crippen LogP contribution in [-0.4, -0.2) is 6.04 Å². The number of nitrogens with two attached hydrogens (primary N) is 1. The lowest BCUT2D eigenvalue weighted by Gasteiger charge is -2.16. The Labute approximate surface area is 108 Å². The first-order chi connectivity index (χ1) is 8.54. The van der Waals surface area contributed by atoms with Crippen LogP contribution in [0, 0.1) is 11.6 Å². The van der Waals surface area contributed by atoms with Crippen molar-refractivity contribution in [3.05, 3.63) is 23.8 Å². The van der Waals surface area contributed by atoms with E-state index in [2.05, 4.69) is 12.2 Å². The zero-order chi connectivity index (χ0) is 13.5. The number of halogens is 2. The van der Waals surface area contributed by atoms with Crippen molar-refractivity contribution in [2.75, 3.05) is 11.1 Å². The monoisotopic (exact) mass is 256 g/mol. The van der Waals surface area contributed by atoms with Gasteiger partial charge in [-0.1, -0.05) is 32.6 Å². The van der Waals surface area contributed by atoms with Gasteiger partial charge in [-0.2, -0.15) is 0 Å². The molecule has 1 aromatic rings. The zero-order valence-corrected chi connectivity index (χ0v) is 11.1. The summed E-state index contributed by atoms with van der Waals surface area (Å²) in [7, 11) is 0. The average molecular weight is 256 g/mol. The summed E-state index contributed by atoms with van der Waals surface area (Å²) in [5.74, 6) is -1.26. The molecule has 0 bridgehead atoms. The summed E-state index contributed by atoms with van der Waals surface area (Å²) in [6, 6.07) is 2.32. The summed E-state index contributed by atoms with van der Waals surface area (Å²) >= 11 is 0. The van der Waals surface area contributed by atoms with E-state index < -0.39 is 11.6 Å². The fourth-order valence-corrected chi connectivity index (χ4v) is 1.93. The van der Waals surface area contributed by atoms with Crippen molar-refractivity contribution < 1.29 is 8.78 Å². The maximum atomic E-state index is 13.5. The molecule has 18 heavy (non-hydrogen) atoms. The van der Waals surface area contributed by atoms with Gasteiger partial charge in [-0.05, 0) is 25.5 Å². The summed E-state index contributed by atoms with van der Waals surface area (Å²) in [6.07, 6.45) is 5.53. The molecular formula is C14H22F2N2. The Bertz CT molecular complexity index is 357. The van der Waals surface area contributed by atoms with Crippen LogP contribution in [0.25, 0.3) is 0 Å². The summed E-state index contributed by atoms with van der Waals surface area (Å²) in [4.78, 5) is 0. The van der Waals surface area contributed by atoms with Gasteiger partial charge in [0.1, 0.15) is 5.69 Å². The van der Waals surface area contributed by atoms with Gasteiger partial charge in [0, 0.05) is 11.7 Å². The van der Waals surface area contributed by atoms with Crippen molar-refractivity contribution in [1.82, 2.24) is 0 Å². The Morgan fingerprint density at radius 2 is 1.78 bits per heavy atom. The summed E-state index contributed by atoms with van der Waals surface area (Å²) < 4.78 is 27.1. The van der Waals surface area contributed by atoms with Gasteiger partial charge in [0.2, 0.25) is 0 Å². The highest BCUT2D eigenvalue weighted by molar-refractivity contribution is 5.54. The predicted molar refractivity (Wildman–Crippen MR) is 72.6 cm³/mol. The van der Waals surface area contributed by atoms with Crippen molar-refractivity contribution in [3.8, 4) is 0 Å². The lowest BCUT2D eigenvalue weighted by Crippen LogP contribution is -2.17. The molecule has 102 valence electrons. The third kappa shape index (κ3) is 4.51. The number of unbranched alkanes of at least 4 members (excludes halogenated alkanes) is 3. The maximum Gasteiger partial charge on any atom is 0.151 e. The van der Waals surface area contributed by atoms with Crippen molar-refractivity contribution in [2.24, 2.45) is 0 Å². The first-order valence-corrected chi connectivity index (χ1v) is 6.55. The molecule has 0 saturated heterocycles. The highest BCUT2D eigenvalue weighted by Crippen LogP contribution is 2.23. The number of rotatable bonds is 7. The summed E-state index contributed by atoms with van der Waals surface area (Å²) in [5.41, 5.74) is 5.39. The van der Waals surface area contributed by atoms with Gasteiger partial charge < -0.3 is 11.1 Å². The lowest BCUT2D eigenvalue weighted by molar-refractivity contribution is 0.566. The molecule has 0 radical (unpaired) electrons. The molecule has 2 nitrogen and oxygen atoms in total. The first kappa shape index (κ1) is 14.7. The van der Waals surface area contributed by atoms with E-state index in [4.69, 9.17) is 5.73 Å². The largest absolute Gasteiger partial charge is 0.399 e. The van der Waals surface area contributed by atoms with Gasteiger partial charge in [0.15, 0.2) is 11.6 Å². The van der Waals surface area contributed by atoms with Crippen LogP contribution in [0.2, 0.25) is 0 Å². The molecule has 4 heteroatoms. The van der Waals surface area contributed by atoms with Crippen molar-refractivity contribution in [2.45, 2.75) is 52.0 Å². The Kier molecular flexibility index (Phi) is 5.89. The van der Waals surface area contributed by atoms with Gasteiger partial charge in [0.25, 0.3) is 0 Å². The SMILES string of the molecule is CCCCCCC(C)Nc1c(F)cc(N)cc1F. The number of hydrogen-bond donors (Lipinski definition) is 2. The zero-order valence-electron chi connectivity index (χ0n) is 11.1. The van der Waals surface area contributed by atoms with Gasteiger partial charge in [-0.25, -0.2) is 8.78 Å². The van der Waals surface area contributed by atoms with Crippen LogP contribution < -0.4 is 11.1 Å². The number of nitrogen functional groups attached to an aromatic ring is 1. The highest BCUT2D eigenvalue weighted by atomic mass is 19.1. The maximum absolute atomic E-state index is 13.5. The Morgan fingerprint density at radius 3 is 2.33 bits per heavy atom. The van der Waals surface area contributed by atoms with Crippen LogP contribution in [0.1, 0.15) is 46.0 Å². The van der Waals surface area contributed by atoms with E-state index in [0.29, 0.717) is 0 Å². The molecule has 0 amide bonds. The van der Waals surface area contributed by atoms with Crippen LogP contribution in [-0.2, 0) is 0 Å². The minimum atomic E-state index is -0.632. The lowest BCUT2D eigenvalue weighted by atomic mass is 10.1. The molecule has 1 aromatic carbocycles. The normalized spacial score (nSPS) is 12.4. The third-order valence-corrected chi connectivity index (χ3v) is 2.95.